The number of halogens is 4. The molecule has 2 saturated carbocycles. The van der Waals surface area contributed by atoms with Crippen molar-refractivity contribution in [2.45, 2.75) is 76.3 Å². The van der Waals surface area contributed by atoms with Crippen molar-refractivity contribution >= 4 is 7.25 Å². The lowest BCUT2D eigenvalue weighted by molar-refractivity contribution is -0.878. The van der Waals surface area contributed by atoms with Crippen molar-refractivity contribution in [1.29, 1.82) is 0 Å². The van der Waals surface area contributed by atoms with Gasteiger partial charge in [-0.2, -0.15) is 0 Å². The van der Waals surface area contributed by atoms with E-state index in [9.17, 15) is 17.3 Å². The quantitative estimate of drug-likeness (QED) is 0.603. The minimum atomic E-state index is -6.00. The van der Waals surface area contributed by atoms with Crippen molar-refractivity contribution in [3.05, 3.63) is 12.4 Å². The zero-order valence-corrected chi connectivity index (χ0v) is 13.1. The highest BCUT2D eigenvalue weighted by molar-refractivity contribution is 6.50. The van der Waals surface area contributed by atoms with Gasteiger partial charge in [-0.25, -0.2) is 0 Å². The summed E-state index contributed by atoms with van der Waals surface area (Å²) in [7, 11) is -6.00. The van der Waals surface area contributed by atoms with E-state index in [2.05, 4.69) is 17.3 Å². The maximum absolute atomic E-state index is 9.75. The maximum Gasteiger partial charge on any atom is 0.673 e. The largest absolute Gasteiger partial charge is 0.673 e. The topological polar surface area (TPSA) is 7.68 Å². The Morgan fingerprint density at radius 2 is 1.32 bits per heavy atom. The van der Waals surface area contributed by atoms with Gasteiger partial charge in [-0.05, 0) is 38.5 Å². The monoisotopic (exact) mass is 322 g/mol. The lowest BCUT2D eigenvalue weighted by Crippen LogP contribution is -3.11. The highest BCUT2D eigenvalue weighted by Gasteiger charge is 2.31. The summed E-state index contributed by atoms with van der Waals surface area (Å²) >= 11 is 0. The Labute approximate surface area is 130 Å². The first-order chi connectivity index (χ1) is 10.4. The summed E-state index contributed by atoms with van der Waals surface area (Å²) in [6.07, 6.45) is 19.4. The van der Waals surface area contributed by atoms with Crippen LogP contribution in [-0.2, 0) is 0 Å². The molecule has 0 aromatic carbocycles. The van der Waals surface area contributed by atoms with Crippen LogP contribution in [0, 0.1) is 0 Å². The van der Waals surface area contributed by atoms with Crippen LogP contribution in [-0.4, -0.2) is 30.9 Å². The second-order valence-corrected chi connectivity index (χ2v) is 6.68. The fourth-order valence-corrected chi connectivity index (χ4v) is 3.91. The fourth-order valence-electron chi connectivity index (χ4n) is 3.91. The van der Waals surface area contributed by atoms with E-state index in [0.29, 0.717) is 0 Å². The molecular formula is C15H27BF4N2. The van der Waals surface area contributed by atoms with E-state index >= 15 is 0 Å². The zero-order valence-electron chi connectivity index (χ0n) is 13.1. The second-order valence-electron chi connectivity index (χ2n) is 6.68. The molecule has 0 aromatic rings. The van der Waals surface area contributed by atoms with E-state index in [0.717, 1.165) is 12.1 Å². The third kappa shape index (κ3) is 6.19. The summed E-state index contributed by atoms with van der Waals surface area (Å²) in [5.41, 5.74) is 0. The molecule has 1 N–H and O–H groups in total. The molecule has 1 atom stereocenters. The Morgan fingerprint density at radius 3 is 1.86 bits per heavy atom. The predicted octanol–water partition coefficient (Wildman–Crippen LogP) is 3.58. The number of nitrogens with zero attached hydrogens (tertiary/aromatic N) is 1. The van der Waals surface area contributed by atoms with E-state index in [1.807, 2.05) is 0 Å². The molecule has 2 fully saturated rings. The van der Waals surface area contributed by atoms with Gasteiger partial charge in [0.1, 0.15) is 6.20 Å². The Bertz CT molecular complexity index is 318. The molecule has 2 aliphatic carbocycles. The average Bonchev–Trinajstić information content (AvgIpc) is 2.97. The molecule has 1 unspecified atom stereocenters. The minimum Gasteiger partial charge on any atom is -0.418 e. The van der Waals surface area contributed by atoms with E-state index in [1.165, 1.54) is 70.9 Å². The molecule has 22 heavy (non-hydrogen) atoms. The first-order valence-corrected chi connectivity index (χ1v) is 8.60. The maximum atomic E-state index is 9.75. The number of nitrogens with one attached hydrogen (secondary N) is 1. The van der Waals surface area contributed by atoms with Crippen LogP contribution < -0.4 is 4.90 Å². The Balaban J connectivity index is 0.000000309. The van der Waals surface area contributed by atoms with Crippen LogP contribution in [0.1, 0.15) is 64.2 Å². The van der Waals surface area contributed by atoms with Crippen LogP contribution in [0.3, 0.4) is 0 Å². The number of rotatable bonds is 2. The van der Waals surface area contributed by atoms with Crippen molar-refractivity contribution < 1.29 is 22.2 Å². The third-order valence-electron chi connectivity index (χ3n) is 5.02. The summed E-state index contributed by atoms with van der Waals surface area (Å²) in [6, 6.07) is 1.79. The summed E-state index contributed by atoms with van der Waals surface area (Å²) in [5.74, 6) is 0. The highest BCUT2D eigenvalue weighted by Crippen LogP contribution is 2.23. The van der Waals surface area contributed by atoms with Crippen molar-refractivity contribution in [1.82, 2.24) is 4.90 Å². The molecule has 0 bridgehead atoms. The molecule has 0 spiro atoms. The fraction of sp³-hybridized carbons (Fsp3) is 0.867. The molecule has 0 radical (unpaired) electrons. The van der Waals surface area contributed by atoms with Crippen molar-refractivity contribution in [2.24, 2.45) is 0 Å². The van der Waals surface area contributed by atoms with Gasteiger partial charge in [-0.1, -0.05) is 25.7 Å². The summed E-state index contributed by atoms with van der Waals surface area (Å²) < 4.78 is 39.0. The highest BCUT2D eigenvalue weighted by atomic mass is 19.5. The van der Waals surface area contributed by atoms with Gasteiger partial charge in [0.2, 0.25) is 0 Å². The Morgan fingerprint density at radius 1 is 0.818 bits per heavy atom. The average molecular weight is 322 g/mol. The third-order valence-corrected chi connectivity index (χ3v) is 5.02. The molecule has 1 aliphatic heterocycles. The summed E-state index contributed by atoms with van der Waals surface area (Å²) in [4.78, 5) is 4.39. The number of quaternary nitrogens is 1. The van der Waals surface area contributed by atoms with E-state index < -0.39 is 7.25 Å². The van der Waals surface area contributed by atoms with Crippen LogP contribution in [0.15, 0.2) is 12.4 Å². The normalized spacial score (nSPS) is 27.6. The molecule has 128 valence electrons. The van der Waals surface area contributed by atoms with Crippen molar-refractivity contribution in [2.75, 3.05) is 6.67 Å². The smallest absolute Gasteiger partial charge is 0.418 e. The van der Waals surface area contributed by atoms with Gasteiger partial charge in [0.05, 0.1) is 12.2 Å². The molecule has 0 saturated heterocycles. The van der Waals surface area contributed by atoms with Gasteiger partial charge in [0.15, 0.2) is 6.67 Å². The second kappa shape index (κ2) is 8.23. The molecule has 2 nitrogen and oxygen atoms in total. The first kappa shape index (κ1) is 17.6. The van der Waals surface area contributed by atoms with Gasteiger partial charge < -0.3 is 22.2 Å². The SMILES string of the molecule is C1=C[NH+](C2CCCCC2)CN1C1CCCCC1.F[B-](F)(F)F. The van der Waals surface area contributed by atoms with Crippen LogP contribution >= 0.6 is 0 Å². The molecule has 0 amide bonds. The molecular weight excluding hydrogens is 295 g/mol. The van der Waals surface area contributed by atoms with Gasteiger partial charge in [0.25, 0.3) is 0 Å². The summed E-state index contributed by atoms with van der Waals surface area (Å²) in [6.45, 7) is 1.26. The molecule has 1 heterocycles. The molecule has 7 heteroatoms. The lowest BCUT2D eigenvalue weighted by atomic mass is 9.94. The molecule has 3 aliphatic rings. The van der Waals surface area contributed by atoms with Gasteiger partial charge in [0, 0.05) is 6.04 Å². The van der Waals surface area contributed by atoms with E-state index in [4.69, 9.17) is 0 Å². The first-order valence-electron chi connectivity index (χ1n) is 8.60. The van der Waals surface area contributed by atoms with Crippen LogP contribution in [0.25, 0.3) is 0 Å². The zero-order chi connectivity index (χ0) is 16.0. The van der Waals surface area contributed by atoms with Crippen LogP contribution in [0.4, 0.5) is 17.3 Å². The van der Waals surface area contributed by atoms with Gasteiger partial charge in [-0.15, -0.1) is 0 Å². The lowest BCUT2D eigenvalue weighted by Gasteiger charge is -2.32. The Hall–Kier alpha value is -0.715. The van der Waals surface area contributed by atoms with Crippen molar-refractivity contribution in [3.8, 4) is 0 Å². The Kier molecular flexibility index (Phi) is 6.59. The number of hydrogen-bond acceptors (Lipinski definition) is 1. The molecule has 0 aromatic heterocycles. The van der Waals surface area contributed by atoms with Gasteiger partial charge in [-0.3, -0.25) is 4.90 Å². The summed E-state index contributed by atoms with van der Waals surface area (Å²) in [5, 5.41) is 0. The van der Waals surface area contributed by atoms with Gasteiger partial charge >= 0.3 is 7.25 Å². The van der Waals surface area contributed by atoms with E-state index in [-0.39, 0.29) is 0 Å². The van der Waals surface area contributed by atoms with Crippen LogP contribution in [0.5, 0.6) is 0 Å². The van der Waals surface area contributed by atoms with Crippen LogP contribution in [0.2, 0.25) is 0 Å². The minimum absolute atomic E-state index is 0.862. The standard InChI is InChI=1S/C15H26N2.BF4/c1-3-7-14(8-4-1)16-11-12-17(13-16)15-9-5-2-6-10-15;2-1(3,4)5/h11-12,14-15H,1-10,13H2;/q;-1/p+1. The number of hydrogen-bond donors (Lipinski definition) is 1. The van der Waals surface area contributed by atoms with Crippen molar-refractivity contribution in [3.63, 3.8) is 0 Å². The van der Waals surface area contributed by atoms with E-state index in [1.54, 1.807) is 4.90 Å². The predicted molar refractivity (Wildman–Crippen MR) is 80.7 cm³/mol. The molecule has 3 rings (SSSR count).